The molecule has 1 aromatic heterocycles. The lowest BCUT2D eigenvalue weighted by atomic mass is 10.2. The first-order chi connectivity index (χ1) is 8.16. The van der Waals surface area contributed by atoms with Gasteiger partial charge >= 0.3 is 5.97 Å². The number of rotatable bonds is 3. The molecule has 86 valence electrons. The van der Waals surface area contributed by atoms with Crippen molar-refractivity contribution in [1.29, 1.82) is 0 Å². The molecule has 0 atom stereocenters. The van der Waals surface area contributed by atoms with Crippen LogP contribution in [-0.2, 0) is 0 Å². The van der Waals surface area contributed by atoms with E-state index in [1.54, 1.807) is 42.4 Å². The van der Waals surface area contributed by atoms with Gasteiger partial charge in [-0.05, 0) is 36.8 Å². The van der Waals surface area contributed by atoms with Crippen molar-refractivity contribution in [1.82, 2.24) is 4.98 Å². The number of pyridine rings is 1. The third-order valence-corrected chi connectivity index (χ3v) is 3.45. The van der Waals surface area contributed by atoms with Crippen LogP contribution >= 0.6 is 11.8 Å². The smallest absolute Gasteiger partial charge is 0.335 e. The van der Waals surface area contributed by atoms with Crippen LogP contribution in [0.3, 0.4) is 0 Å². The first-order valence-corrected chi connectivity index (χ1v) is 5.90. The summed E-state index contributed by atoms with van der Waals surface area (Å²) in [4.78, 5) is 16.9. The lowest BCUT2D eigenvalue weighted by molar-refractivity contribution is 0.0696. The van der Waals surface area contributed by atoms with Crippen molar-refractivity contribution in [3.05, 3.63) is 53.9 Å². The third kappa shape index (κ3) is 2.85. The Kier molecular flexibility index (Phi) is 3.44. The maximum absolute atomic E-state index is 10.9. The summed E-state index contributed by atoms with van der Waals surface area (Å²) in [5.74, 6) is -0.904. The van der Waals surface area contributed by atoms with Gasteiger partial charge in [-0.2, -0.15) is 0 Å². The molecule has 2 rings (SSSR count). The Bertz CT molecular complexity index is 555. The molecule has 0 unspecified atom stereocenters. The fourth-order valence-corrected chi connectivity index (χ4v) is 2.32. The SMILES string of the molecule is Cc1cnccc1Sc1cccc(C(=O)O)c1. The van der Waals surface area contributed by atoms with Crippen molar-refractivity contribution in [2.75, 3.05) is 0 Å². The summed E-state index contributed by atoms with van der Waals surface area (Å²) in [5.41, 5.74) is 1.39. The molecular formula is C13H11NO2S. The fourth-order valence-electron chi connectivity index (χ4n) is 1.39. The molecule has 0 spiro atoms. The van der Waals surface area contributed by atoms with E-state index in [1.165, 1.54) is 0 Å². The standard InChI is InChI=1S/C13H11NO2S/c1-9-8-14-6-5-12(9)17-11-4-2-3-10(7-11)13(15)16/h2-8H,1H3,(H,15,16). The zero-order chi connectivity index (χ0) is 12.3. The molecule has 0 saturated heterocycles. The van der Waals surface area contributed by atoms with Gasteiger partial charge in [-0.3, -0.25) is 4.98 Å². The molecule has 1 heterocycles. The Balaban J connectivity index is 2.28. The van der Waals surface area contributed by atoms with E-state index < -0.39 is 5.97 Å². The van der Waals surface area contributed by atoms with E-state index in [1.807, 2.05) is 19.1 Å². The van der Waals surface area contributed by atoms with Crippen LogP contribution in [0.2, 0.25) is 0 Å². The predicted molar refractivity (Wildman–Crippen MR) is 66.5 cm³/mol. The maximum Gasteiger partial charge on any atom is 0.335 e. The van der Waals surface area contributed by atoms with E-state index >= 15 is 0 Å². The molecule has 2 aromatic rings. The summed E-state index contributed by atoms with van der Waals surface area (Å²) in [6, 6.07) is 8.84. The highest BCUT2D eigenvalue weighted by Crippen LogP contribution is 2.29. The molecule has 0 saturated carbocycles. The number of aromatic carboxylic acids is 1. The quantitative estimate of drug-likeness (QED) is 0.901. The van der Waals surface area contributed by atoms with Gasteiger partial charge in [-0.1, -0.05) is 17.8 Å². The highest BCUT2D eigenvalue weighted by Gasteiger charge is 2.05. The zero-order valence-corrected chi connectivity index (χ0v) is 10.1. The van der Waals surface area contributed by atoms with Gasteiger partial charge in [-0.15, -0.1) is 0 Å². The summed E-state index contributed by atoms with van der Waals surface area (Å²) in [7, 11) is 0. The average Bonchev–Trinajstić information content (AvgIpc) is 2.32. The van der Waals surface area contributed by atoms with Gasteiger partial charge in [0.25, 0.3) is 0 Å². The predicted octanol–water partition coefficient (Wildman–Crippen LogP) is 3.24. The van der Waals surface area contributed by atoms with Crippen LogP contribution in [0.25, 0.3) is 0 Å². The van der Waals surface area contributed by atoms with Gasteiger partial charge in [0.15, 0.2) is 0 Å². The van der Waals surface area contributed by atoms with Crippen LogP contribution in [0.15, 0.2) is 52.5 Å². The molecular weight excluding hydrogens is 234 g/mol. The van der Waals surface area contributed by atoms with Crippen molar-refractivity contribution in [2.24, 2.45) is 0 Å². The Morgan fingerprint density at radius 3 is 2.88 bits per heavy atom. The van der Waals surface area contributed by atoms with Crippen LogP contribution in [0.4, 0.5) is 0 Å². The second-order valence-corrected chi connectivity index (χ2v) is 4.69. The summed E-state index contributed by atoms with van der Waals surface area (Å²) < 4.78 is 0. The number of aromatic nitrogens is 1. The first-order valence-electron chi connectivity index (χ1n) is 5.08. The molecule has 1 aromatic carbocycles. The Hall–Kier alpha value is -1.81. The van der Waals surface area contributed by atoms with Gasteiger partial charge in [0.1, 0.15) is 0 Å². The van der Waals surface area contributed by atoms with Crippen molar-refractivity contribution in [3.63, 3.8) is 0 Å². The highest BCUT2D eigenvalue weighted by atomic mass is 32.2. The molecule has 4 heteroatoms. The fraction of sp³-hybridized carbons (Fsp3) is 0.0769. The van der Waals surface area contributed by atoms with E-state index in [-0.39, 0.29) is 0 Å². The molecule has 0 aliphatic heterocycles. The second kappa shape index (κ2) is 5.01. The minimum atomic E-state index is -0.904. The molecule has 0 aliphatic carbocycles. The van der Waals surface area contributed by atoms with Crippen LogP contribution in [-0.4, -0.2) is 16.1 Å². The van der Waals surface area contributed by atoms with Gasteiger partial charge in [0.05, 0.1) is 5.56 Å². The normalized spacial score (nSPS) is 10.2. The van der Waals surface area contributed by atoms with Crippen molar-refractivity contribution >= 4 is 17.7 Å². The van der Waals surface area contributed by atoms with Crippen molar-refractivity contribution in [3.8, 4) is 0 Å². The van der Waals surface area contributed by atoms with E-state index in [0.717, 1.165) is 15.4 Å². The van der Waals surface area contributed by atoms with Gasteiger partial charge in [-0.25, -0.2) is 4.79 Å². The number of hydrogen-bond donors (Lipinski definition) is 1. The summed E-state index contributed by atoms with van der Waals surface area (Å²) >= 11 is 1.54. The largest absolute Gasteiger partial charge is 0.478 e. The van der Waals surface area contributed by atoms with Crippen molar-refractivity contribution in [2.45, 2.75) is 16.7 Å². The number of carboxylic acids is 1. The lowest BCUT2D eigenvalue weighted by Crippen LogP contribution is -1.95. The van der Waals surface area contributed by atoms with Crippen LogP contribution in [0, 0.1) is 6.92 Å². The van der Waals surface area contributed by atoms with Crippen molar-refractivity contribution < 1.29 is 9.90 Å². The summed E-state index contributed by atoms with van der Waals surface area (Å²) in [6.07, 6.45) is 3.53. The van der Waals surface area contributed by atoms with Crippen LogP contribution in [0.1, 0.15) is 15.9 Å². The topological polar surface area (TPSA) is 50.2 Å². The number of benzene rings is 1. The minimum absolute atomic E-state index is 0.307. The number of hydrogen-bond acceptors (Lipinski definition) is 3. The van der Waals surface area contributed by atoms with E-state index in [4.69, 9.17) is 5.11 Å². The molecule has 0 radical (unpaired) electrons. The number of carbonyl (C=O) groups is 1. The van der Waals surface area contributed by atoms with Gasteiger partial charge < -0.3 is 5.11 Å². The average molecular weight is 245 g/mol. The third-order valence-electron chi connectivity index (χ3n) is 2.28. The minimum Gasteiger partial charge on any atom is -0.478 e. The molecule has 0 bridgehead atoms. The van der Waals surface area contributed by atoms with Gasteiger partial charge in [0.2, 0.25) is 0 Å². The molecule has 1 N–H and O–H groups in total. The number of carboxylic acid groups (broad SMARTS) is 1. The summed E-state index contributed by atoms with van der Waals surface area (Å²) in [5, 5.41) is 8.91. The summed E-state index contributed by atoms with van der Waals surface area (Å²) in [6.45, 7) is 1.98. The Morgan fingerprint density at radius 2 is 2.18 bits per heavy atom. The number of aryl methyl sites for hydroxylation is 1. The Labute approximate surface area is 104 Å². The van der Waals surface area contributed by atoms with E-state index in [9.17, 15) is 4.79 Å². The molecule has 0 aliphatic rings. The van der Waals surface area contributed by atoms with E-state index in [2.05, 4.69) is 4.98 Å². The zero-order valence-electron chi connectivity index (χ0n) is 9.25. The first kappa shape index (κ1) is 11.7. The molecule has 3 nitrogen and oxygen atoms in total. The number of nitrogens with zero attached hydrogens (tertiary/aromatic N) is 1. The molecule has 17 heavy (non-hydrogen) atoms. The maximum atomic E-state index is 10.9. The second-order valence-electron chi connectivity index (χ2n) is 3.58. The molecule has 0 fully saturated rings. The van der Waals surface area contributed by atoms with Crippen LogP contribution < -0.4 is 0 Å². The monoisotopic (exact) mass is 245 g/mol. The highest BCUT2D eigenvalue weighted by molar-refractivity contribution is 7.99. The molecule has 0 amide bonds. The Morgan fingerprint density at radius 1 is 1.35 bits per heavy atom. The van der Waals surface area contributed by atoms with E-state index in [0.29, 0.717) is 5.56 Å². The van der Waals surface area contributed by atoms with Crippen LogP contribution in [0.5, 0.6) is 0 Å². The van der Waals surface area contributed by atoms with Gasteiger partial charge in [0, 0.05) is 22.2 Å². The lowest BCUT2D eigenvalue weighted by Gasteiger charge is -2.05.